The molecule has 0 aliphatic rings. The predicted octanol–water partition coefficient (Wildman–Crippen LogP) is 3.14. The standard InChI is InChI=1S/C13H18N2/c1-2-3-4-8-13(15)12-7-5-6-11(9-12)10-14/h5-7,9,13H,2-4,8,15H2,1H3/t13-/m1/s1. The van der Waals surface area contributed by atoms with E-state index >= 15 is 0 Å². The monoisotopic (exact) mass is 202 g/mol. The van der Waals surface area contributed by atoms with E-state index in [0.717, 1.165) is 18.4 Å². The second kappa shape index (κ2) is 6.21. The highest BCUT2D eigenvalue weighted by molar-refractivity contribution is 5.34. The Morgan fingerprint density at radius 3 is 2.87 bits per heavy atom. The normalized spacial score (nSPS) is 12.1. The van der Waals surface area contributed by atoms with Crippen LogP contribution in [0.4, 0.5) is 0 Å². The van der Waals surface area contributed by atoms with E-state index in [2.05, 4.69) is 13.0 Å². The van der Waals surface area contributed by atoms with E-state index in [9.17, 15) is 0 Å². The zero-order valence-electron chi connectivity index (χ0n) is 9.24. The number of hydrogen-bond acceptors (Lipinski definition) is 2. The summed E-state index contributed by atoms with van der Waals surface area (Å²) in [5.41, 5.74) is 7.82. The lowest BCUT2D eigenvalue weighted by Gasteiger charge is -2.11. The van der Waals surface area contributed by atoms with Crippen molar-refractivity contribution in [2.75, 3.05) is 0 Å². The first-order chi connectivity index (χ1) is 7.27. The van der Waals surface area contributed by atoms with Gasteiger partial charge < -0.3 is 5.73 Å². The van der Waals surface area contributed by atoms with Crippen LogP contribution < -0.4 is 5.73 Å². The van der Waals surface area contributed by atoms with Crippen molar-refractivity contribution in [3.05, 3.63) is 35.4 Å². The molecule has 2 nitrogen and oxygen atoms in total. The van der Waals surface area contributed by atoms with E-state index in [4.69, 9.17) is 11.0 Å². The number of rotatable bonds is 5. The van der Waals surface area contributed by atoms with Crippen LogP contribution in [0.25, 0.3) is 0 Å². The molecule has 1 atom stereocenters. The van der Waals surface area contributed by atoms with Crippen LogP contribution in [0.15, 0.2) is 24.3 Å². The molecule has 80 valence electrons. The fourth-order valence-electron chi connectivity index (χ4n) is 1.62. The maximum atomic E-state index is 8.77. The SMILES string of the molecule is CCCCC[C@@H](N)c1cccc(C#N)c1. The molecule has 0 heterocycles. The van der Waals surface area contributed by atoms with Crippen molar-refractivity contribution in [3.8, 4) is 6.07 Å². The maximum absolute atomic E-state index is 8.77. The van der Waals surface area contributed by atoms with Crippen LogP contribution in [-0.2, 0) is 0 Å². The molecule has 0 amide bonds. The van der Waals surface area contributed by atoms with Gasteiger partial charge in [-0.15, -0.1) is 0 Å². The average Bonchev–Trinajstić information content (AvgIpc) is 2.29. The van der Waals surface area contributed by atoms with Gasteiger partial charge in [-0.1, -0.05) is 38.3 Å². The lowest BCUT2D eigenvalue weighted by Crippen LogP contribution is -2.10. The Hall–Kier alpha value is -1.33. The summed E-state index contributed by atoms with van der Waals surface area (Å²) >= 11 is 0. The molecule has 15 heavy (non-hydrogen) atoms. The van der Waals surface area contributed by atoms with Crippen LogP contribution in [0.1, 0.15) is 49.8 Å². The van der Waals surface area contributed by atoms with Crippen molar-refractivity contribution in [2.45, 2.75) is 38.6 Å². The van der Waals surface area contributed by atoms with Gasteiger partial charge in [0.1, 0.15) is 0 Å². The van der Waals surface area contributed by atoms with Crippen LogP contribution >= 0.6 is 0 Å². The largest absolute Gasteiger partial charge is 0.324 e. The van der Waals surface area contributed by atoms with Gasteiger partial charge in [0.25, 0.3) is 0 Å². The van der Waals surface area contributed by atoms with Crippen molar-refractivity contribution < 1.29 is 0 Å². The molecule has 2 heteroatoms. The van der Waals surface area contributed by atoms with Crippen LogP contribution in [-0.4, -0.2) is 0 Å². The van der Waals surface area contributed by atoms with Gasteiger partial charge in [0.15, 0.2) is 0 Å². The minimum atomic E-state index is 0.0739. The van der Waals surface area contributed by atoms with Gasteiger partial charge in [0.2, 0.25) is 0 Å². The molecular weight excluding hydrogens is 184 g/mol. The molecule has 0 aliphatic heterocycles. The first kappa shape index (κ1) is 11.7. The Kier molecular flexibility index (Phi) is 4.86. The molecule has 2 N–H and O–H groups in total. The lowest BCUT2D eigenvalue weighted by atomic mass is 10.00. The Balaban J connectivity index is 2.57. The molecule has 0 saturated heterocycles. The number of unbranched alkanes of at least 4 members (excludes halogenated alkanes) is 2. The van der Waals surface area contributed by atoms with Crippen LogP contribution in [0, 0.1) is 11.3 Å². The zero-order chi connectivity index (χ0) is 11.1. The summed E-state index contributed by atoms with van der Waals surface area (Å²) in [6.07, 6.45) is 4.60. The summed E-state index contributed by atoms with van der Waals surface area (Å²) in [4.78, 5) is 0. The summed E-state index contributed by atoms with van der Waals surface area (Å²) in [6.45, 7) is 2.18. The zero-order valence-corrected chi connectivity index (χ0v) is 9.24. The molecule has 0 saturated carbocycles. The first-order valence-electron chi connectivity index (χ1n) is 5.53. The first-order valence-corrected chi connectivity index (χ1v) is 5.53. The summed E-state index contributed by atoms with van der Waals surface area (Å²) in [5, 5.41) is 8.77. The van der Waals surface area contributed by atoms with Crippen LogP contribution in [0.3, 0.4) is 0 Å². The summed E-state index contributed by atoms with van der Waals surface area (Å²) in [6, 6.07) is 9.80. The summed E-state index contributed by atoms with van der Waals surface area (Å²) in [5.74, 6) is 0. The van der Waals surface area contributed by atoms with Crippen molar-refractivity contribution in [1.29, 1.82) is 5.26 Å². The Morgan fingerprint density at radius 2 is 2.20 bits per heavy atom. The highest BCUT2D eigenvalue weighted by atomic mass is 14.6. The Bertz CT molecular complexity index is 339. The highest BCUT2D eigenvalue weighted by Gasteiger charge is 2.05. The van der Waals surface area contributed by atoms with Gasteiger partial charge in [0.05, 0.1) is 11.6 Å². The van der Waals surface area contributed by atoms with Gasteiger partial charge in [0, 0.05) is 6.04 Å². The fourth-order valence-corrected chi connectivity index (χ4v) is 1.62. The van der Waals surface area contributed by atoms with Crippen LogP contribution in [0.2, 0.25) is 0 Å². The van der Waals surface area contributed by atoms with Crippen molar-refractivity contribution in [1.82, 2.24) is 0 Å². The molecule has 1 rings (SSSR count). The average molecular weight is 202 g/mol. The molecule has 0 fully saturated rings. The molecule has 0 aromatic heterocycles. The molecule has 0 unspecified atom stereocenters. The highest BCUT2D eigenvalue weighted by Crippen LogP contribution is 2.18. The summed E-state index contributed by atoms with van der Waals surface area (Å²) in [7, 11) is 0. The van der Waals surface area contributed by atoms with E-state index in [1.807, 2.05) is 24.3 Å². The van der Waals surface area contributed by atoms with Gasteiger partial charge >= 0.3 is 0 Å². The minimum absolute atomic E-state index is 0.0739. The topological polar surface area (TPSA) is 49.8 Å². The number of nitrogens with two attached hydrogens (primary N) is 1. The molecular formula is C13H18N2. The maximum Gasteiger partial charge on any atom is 0.0991 e. The van der Waals surface area contributed by atoms with E-state index in [1.54, 1.807) is 0 Å². The Morgan fingerprint density at radius 1 is 1.40 bits per heavy atom. The molecule has 1 aromatic rings. The molecule has 0 bridgehead atoms. The van der Waals surface area contributed by atoms with Crippen molar-refractivity contribution >= 4 is 0 Å². The number of nitrogens with zero attached hydrogens (tertiary/aromatic N) is 1. The van der Waals surface area contributed by atoms with E-state index < -0.39 is 0 Å². The molecule has 1 aromatic carbocycles. The molecule has 0 radical (unpaired) electrons. The van der Waals surface area contributed by atoms with E-state index in [1.165, 1.54) is 12.8 Å². The number of nitriles is 1. The molecule has 0 spiro atoms. The third-order valence-electron chi connectivity index (χ3n) is 2.56. The minimum Gasteiger partial charge on any atom is -0.324 e. The lowest BCUT2D eigenvalue weighted by molar-refractivity contribution is 0.581. The predicted molar refractivity (Wildman–Crippen MR) is 62.2 cm³/mol. The third-order valence-corrected chi connectivity index (χ3v) is 2.56. The van der Waals surface area contributed by atoms with Crippen molar-refractivity contribution in [3.63, 3.8) is 0 Å². The van der Waals surface area contributed by atoms with Gasteiger partial charge in [-0.2, -0.15) is 5.26 Å². The third kappa shape index (κ3) is 3.73. The van der Waals surface area contributed by atoms with Crippen molar-refractivity contribution in [2.24, 2.45) is 5.73 Å². The molecule has 0 aliphatic carbocycles. The smallest absolute Gasteiger partial charge is 0.0991 e. The van der Waals surface area contributed by atoms with E-state index in [-0.39, 0.29) is 6.04 Å². The Labute approximate surface area is 91.7 Å². The second-order valence-corrected chi connectivity index (χ2v) is 3.84. The number of hydrogen-bond donors (Lipinski definition) is 1. The van der Waals surface area contributed by atoms with E-state index in [0.29, 0.717) is 5.56 Å². The number of benzene rings is 1. The van der Waals surface area contributed by atoms with Crippen LogP contribution in [0.5, 0.6) is 0 Å². The van der Waals surface area contributed by atoms with Gasteiger partial charge in [-0.25, -0.2) is 0 Å². The van der Waals surface area contributed by atoms with Gasteiger partial charge in [-0.3, -0.25) is 0 Å². The quantitative estimate of drug-likeness (QED) is 0.746. The summed E-state index contributed by atoms with van der Waals surface area (Å²) < 4.78 is 0. The second-order valence-electron chi connectivity index (χ2n) is 3.84. The van der Waals surface area contributed by atoms with Gasteiger partial charge in [-0.05, 0) is 24.1 Å². The fraction of sp³-hybridized carbons (Fsp3) is 0.462.